The van der Waals surface area contributed by atoms with E-state index in [1.165, 1.54) is 5.56 Å². The van der Waals surface area contributed by atoms with Crippen LogP contribution in [0.15, 0.2) is 29.6 Å². The average molecular weight is 348 g/mol. The van der Waals surface area contributed by atoms with Crippen LogP contribution in [-0.4, -0.2) is 24.0 Å². The van der Waals surface area contributed by atoms with E-state index in [0.29, 0.717) is 19.5 Å². The third kappa shape index (κ3) is 6.01. The van der Waals surface area contributed by atoms with Gasteiger partial charge < -0.3 is 11.1 Å². The summed E-state index contributed by atoms with van der Waals surface area (Å²) in [6.45, 7) is 3.02. The van der Waals surface area contributed by atoms with Gasteiger partial charge in [0.1, 0.15) is 5.01 Å². The zero-order chi connectivity index (χ0) is 13.7. The monoisotopic (exact) mass is 347 g/mol. The lowest BCUT2D eigenvalue weighted by Gasteiger charge is -2.00. The van der Waals surface area contributed by atoms with Crippen molar-refractivity contribution in [2.24, 2.45) is 5.73 Å². The van der Waals surface area contributed by atoms with E-state index in [-0.39, 0.29) is 30.7 Å². The first kappa shape index (κ1) is 19.9. The lowest BCUT2D eigenvalue weighted by molar-refractivity contribution is -0.120. The second kappa shape index (κ2) is 9.73. The summed E-state index contributed by atoms with van der Waals surface area (Å²) in [6.07, 6.45) is 0.308. The van der Waals surface area contributed by atoms with Crippen LogP contribution in [0.4, 0.5) is 0 Å². The Hall–Kier alpha value is -1.14. The van der Waals surface area contributed by atoms with Gasteiger partial charge in [-0.05, 0) is 13.0 Å². The topological polar surface area (TPSA) is 68.0 Å². The van der Waals surface area contributed by atoms with Crippen molar-refractivity contribution in [2.75, 3.05) is 13.1 Å². The Kier molecular flexibility index (Phi) is 9.21. The first-order valence-corrected chi connectivity index (χ1v) is 7.05. The van der Waals surface area contributed by atoms with E-state index in [1.54, 1.807) is 11.3 Å². The van der Waals surface area contributed by atoms with Crippen LogP contribution in [0, 0.1) is 6.92 Å². The van der Waals surface area contributed by atoms with Crippen LogP contribution in [-0.2, 0) is 11.2 Å². The first-order chi connectivity index (χ1) is 9.19. The summed E-state index contributed by atoms with van der Waals surface area (Å²) in [5.74, 6) is -0.0356. The fourth-order valence-corrected chi connectivity index (χ4v) is 2.55. The highest BCUT2D eigenvalue weighted by molar-refractivity contribution is 7.13. The molecule has 0 aliphatic heterocycles. The molecule has 0 spiro atoms. The van der Waals surface area contributed by atoms with Crippen molar-refractivity contribution < 1.29 is 4.79 Å². The lowest BCUT2D eigenvalue weighted by atomic mass is 10.1. The summed E-state index contributed by atoms with van der Waals surface area (Å²) >= 11 is 1.56. The molecule has 4 nitrogen and oxygen atoms in total. The molecule has 21 heavy (non-hydrogen) atoms. The number of rotatable bonds is 5. The summed E-state index contributed by atoms with van der Waals surface area (Å²) in [5.41, 5.74) is 8.44. The zero-order valence-electron chi connectivity index (χ0n) is 11.7. The summed E-state index contributed by atoms with van der Waals surface area (Å²) < 4.78 is 0. The van der Waals surface area contributed by atoms with Crippen LogP contribution >= 0.6 is 36.2 Å². The van der Waals surface area contributed by atoms with Crippen LogP contribution in [0.5, 0.6) is 0 Å². The van der Waals surface area contributed by atoms with E-state index in [0.717, 1.165) is 16.3 Å². The second-order valence-electron chi connectivity index (χ2n) is 4.33. The third-order valence-electron chi connectivity index (χ3n) is 2.62. The van der Waals surface area contributed by atoms with Gasteiger partial charge in [-0.3, -0.25) is 4.79 Å². The van der Waals surface area contributed by atoms with Crippen molar-refractivity contribution in [1.29, 1.82) is 0 Å². The fourth-order valence-electron chi connectivity index (χ4n) is 1.74. The van der Waals surface area contributed by atoms with Crippen LogP contribution < -0.4 is 11.1 Å². The Morgan fingerprint density at radius 1 is 1.38 bits per heavy atom. The van der Waals surface area contributed by atoms with Gasteiger partial charge in [-0.15, -0.1) is 36.2 Å². The fraction of sp³-hybridized carbons (Fsp3) is 0.286. The van der Waals surface area contributed by atoms with E-state index < -0.39 is 0 Å². The molecule has 0 radical (unpaired) electrons. The van der Waals surface area contributed by atoms with Gasteiger partial charge >= 0.3 is 0 Å². The highest BCUT2D eigenvalue weighted by atomic mass is 35.5. The number of benzene rings is 1. The maximum atomic E-state index is 11.6. The molecular weight excluding hydrogens is 329 g/mol. The van der Waals surface area contributed by atoms with Crippen molar-refractivity contribution in [3.8, 4) is 10.6 Å². The maximum absolute atomic E-state index is 11.6. The van der Waals surface area contributed by atoms with Gasteiger partial charge in [-0.1, -0.05) is 23.8 Å². The number of amides is 1. The highest BCUT2D eigenvalue weighted by Crippen LogP contribution is 2.24. The Morgan fingerprint density at radius 3 is 2.81 bits per heavy atom. The Balaban J connectivity index is 0.00000200. The number of nitrogens with two attached hydrogens (primary N) is 1. The standard InChI is InChI=1S/C14H17N3OS.2ClH/c1-10-3-2-4-11(7-10)14-17-12(9-19-14)8-13(18)16-6-5-15;;/h2-4,7,9H,5-6,8,15H2,1H3,(H,16,18);2*1H. The molecule has 0 aliphatic carbocycles. The molecule has 2 rings (SSSR count). The predicted octanol–water partition coefficient (Wildman–Crippen LogP) is 2.58. The molecule has 0 saturated heterocycles. The largest absolute Gasteiger partial charge is 0.354 e. The molecule has 2 aromatic rings. The van der Waals surface area contributed by atoms with E-state index in [2.05, 4.69) is 29.4 Å². The molecule has 0 unspecified atom stereocenters. The number of thiazole rings is 1. The number of hydrogen-bond donors (Lipinski definition) is 2. The molecule has 1 aromatic heterocycles. The van der Waals surface area contributed by atoms with E-state index in [4.69, 9.17) is 5.73 Å². The van der Waals surface area contributed by atoms with Crippen molar-refractivity contribution in [1.82, 2.24) is 10.3 Å². The van der Waals surface area contributed by atoms with Crippen LogP contribution in [0.3, 0.4) is 0 Å². The summed E-state index contributed by atoms with van der Waals surface area (Å²) in [7, 11) is 0. The minimum Gasteiger partial charge on any atom is -0.354 e. The zero-order valence-corrected chi connectivity index (χ0v) is 14.1. The van der Waals surface area contributed by atoms with Gasteiger partial charge in [0.25, 0.3) is 0 Å². The minimum absolute atomic E-state index is 0. The van der Waals surface area contributed by atoms with Crippen molar-refractivity contribution in [3.63, 3.8) is 0 Å². The number of aryl methyl sites for hydroxylation is 1. The predicted molar refractivity (Wildman–Crippen MR) is 92.6 cm³/mol. The normalized spacial score (nSPS) is 9.43. The molecule has 0 saturated carbocycles. The molecule has 0 aliphatic rings. The minimum atomic E-state index is -0.0356. The van der Waals surface area contributed by atoms with E-state index in [9.17, 15) is 4.79 Å². The lowest BCUT2D eigenvalue weighted by Crippen LogP contribution is -2.30. The van der Waals surface area contributed by atoms with E-state index >= 15 is 0 Å². The quantitative estimate of drug-likeness (QED) is 0.873. The molecule has 1 amide bonds. The average Bonchev–Trinajstić information content (AvgIpc) is 2.85. The number of carbonyl (C=O) groups excluding carboxylic acids is 1. The van der Waals surface area contributed by atoms with Crippen LogP contribution in [0.25, 0.3) is 10.6 Å². The Labute approximate surface area is 141 Å². The Morgan fingerprint density at radius 2 is 2.14 bits per heavy atom. The number of hydrogen-bond acceptors (Lipinski definition) is 4. The van der Waals surface area contributed by atoms with Gasteiger partial charge in [0.05, 0.1) is 12.1 Å². The number of aromatic nitrogens is 1. The number of nitrogens with zero attached hydrogens (tertiary/aromatic N) is 1. The highest BCUT2D eigenvalue weighted by Gasteiger charge is 2.08. The first-order valence-electron chi connectivity index (χ1n) is 6.17. The molecular formula is C14H19Cl2N3OS. The van der Waals surface area contributed by atoms with Crippen LogP contribution in [0.2, 0.25) is 0 Å². The SMILES string of the molecule is Cc1cccc(-c2nc(CC(=O)NCCN)cs2)c1.Cl.Cl. The molecule has 3 N–H and O–H groups in total. The van der Waals surface area contributed by atoms with Crippen molar-refractivity contribution in [3.05, 3.63) is 40.9 Å². The Bertz CT molecular complexity index is 575. The van der Waals surface area contributed by atoms with E-state index in [1.807, 2.05) is 17.5 Å². The summed E-state index contributed by atoms with van der Waals surface area (Å²) in [5, 5.41) is 5.62. The maximum Gasteiger partial charge on any atom is 0.226 e. The number of nitrogens with one attached hydrogen (secondary N) is 1. The van der Waals surface area contributed by atoms with Crippen LogP contribution in [0.1, 0.15) is 11.3 Å². The number of halogens is 2. The molecule has 1 aromatic carbocycles. The van der Waals surface area contributed by atoms with Crippen molar-refractivity contribution in [2.45, 2.75) is 13.3 Å². The van der Waals surface area contributed by atoms with Gasteiger partial charge in [0.15, 0.2) is 0 Å². The summed E-state index contributed by atoms with van der Waals surface area (Å²) in [4.78, 5) is 16.1. The smallest absolute Gasteiger partial charge is 0.226 e. The van der Waals surface area contributed by atoms with Gasteiger partial charge in [-0.2, -0.15) is 0 Å². The van der Waals surface area contributed by atoms with Gasteiger partial charge in [0.2, 0.25) is 5.91 Å². The van der Waals surface area contributed by atoms with Crippen molar-refractivity contribution >= 4 is 42.1 Å². The molecule has 0 bridgehead atoms. The molecule has 1 heterocycles. The third-order valence-corrected chi connectivity index (χ3v) is 3.57. The molecule has 116 valence electrons. The molecule has 0 atom stereocenters. The number of carbonyl (C=O) groups is 1. The summed E-state index contributed by atoms with van der Waals surface area (Å²) in [6, 6.07) is 8.19. The molecule has 0 fully saturated rings. The van der Waals surface area contributed by atoms with Gasteiger partial charge in [-0.25, -0.2) is 4.98 Å². The molecule has 7 heteroatoms. The second-order valence-corrected chi connectivity index (χ2v) is 5.19. The van der Waals surface area contributed by atoms with Gasteiger partial charge in [0, 0.05) is 24.0 Å².